The number of rotatable bonds is 2. The number of hydrogen-bond donors (Lipinski definition) is 0. The topological polar surface area (TPSA) is 12.5 Å². The summed E-state index contributed by atoms with van der Waals surface area (Å²) in [5, 5.41) is 1.32. The molecular weight excluding hydrogens is 293 g/mol. The molecule has 1 aromatic carbocycles. The molecule has 4 heteroatoms. The lowest BCUT2D eigenvalue weighted by Gasteiger charge is -2.38. The third-order valence-electron chi connectivity index (χ3n) is 5.62. The zero-order valence-corrected chi connectivity index (χ0v) is 13.1. The molecule has 4 bridgehead atoms. The molecule has 4 unspecified atom stereocenters. The van der Waals surface area contributed by atoms with Crippen molar-refractivity contribution in [3.05, 3.63) is 33.8 Å². The molecule has 3 heterocycles. The fraction of sp³-hybridized carbons (Fsp3) is 0.625. The lowest BCUT2D eigenvalue weighted by Crippen LogP contribution is -2.41. The summed E-state index contributed by atoms with van der Waals surface area (Å²) in [6.07, 6.45) is 4.27. The van der Waals surface area contributed by atoms with E-state index in [4.69, 9.17) is 27.9 Å². The van der Waals surface area contributed by atoms with Gasteiger partial charge in [-0.1, -0.05) is 29.3 Å². The van der Waals surface area contributed by atoms with Crippen LogP contribution in [0.4, 0.5) is 0 Å². The second-order valence-electron chi connectivity index (χ2n) is 6.36. The predicted molar refractivity (Wildman–Crippen MR) is 81.6 cm³/mol. The molecule has 2 nitrogen and oxygen atoms in total. The van der Waals surface area contributed by atoms with Gasteiger partial charge in [-0.2, -0.15) is 0 Å². The van der Waals surface area contributed by atoms with Crippen molar-refractivity contribution >= 4 is 23.2 Å². The van der Waals surface area contributed by atoms with Crippen molar-refractivity contribution in [2.45, 2.75) is 43.4 Å². The molecule has 3 saturated heterocycles. The number of ether oxygens (including phenoxy) is 1. The summed E-state index contributed by atoms with van der Waals surface area (Å²) in [5.74, 6) is 1.17. The molecule has 20 heavy (non-hydrogen) atoms. The molecule has 3 aliphatic heterocycles. The Kier molecular flexibility index (Phi) is 3.26. The Balaban J connectivity index is 1.72. The van der Waals surface area contributed by atoms with E-state index < -0.39 is 0 Å². The first-order valence-electron chi connectivity index (χ1n) is 7.42. The van der Waals surface area contributed by atoms with Crippen LogP contribution in [0.25, 0.3) is 0 Å². The van der Waals surface area contributed by atoms with Gasteiger partial charge in [0, 0.05) is 31.7 Å². The first kappa shape index (κ1) is 13.4. The van der Waals surface area contributed by atoms with Crippen molar-refractivity contribution in [2.24, 2.45) is 5.92 Å². The van der Waals surface area contributed by atoms with Gasteiger partial charge in [0.15, 0.2) is 0 Å². The molecule has 0 aromatic heterocycles. The number of hydrogen-bond acceptors (Lipinski definition) is 2. The van der Waals surface area contributed by atoms with Gasteiger partial charge in [0.2, 0.25) is 0 Å². The van der Waals surface area contributed by atoms with Crippen LogP contribution >= 0.6 is 23.2 Å². The number of methoxy groups -OCH3 is 1. The molecular formula is C16H19Cl2NO. The van der Waals surface area contributed by atoms with E-state index in [2.05, 4.69) is 17.0 Å². The van der Waals surface area contributed by atoms with Crippen molar-refractivity contribution in [3.63, 3.8) is 0 Å². The van der Waals surface area contributed by atoms with Gasteiger partial charge >= 0.3 is 0 Å². The highest BCUT2D eigenvalue weighted by atomic mass is 35.5. The molecule has 0 saturated carbocycles. The van der Waals surface area contributed by atoms with Crippen LogP contribution in [0, 0.1) is 5.92 Å². The van der Waals surface area contributed by atoms with E-state index in [-0.39, 0.29) is 0 Å². The van der Waals surface area contributed by atoms with Crippen LogP contribution in [0.5, 0.6) is 0 Å². The SMILES string of the molecule is COC1CN2C3CCC2[C@@H]1[C@@H](c1ccc(Cl)c(Cl)c1)C3. The molecule has 0 N–H and O–H groups in total. The van der Waals surface area contributed by atoms with E-state index in [1.54, 1.807) is 0 Å². The Morgan fingerprint density at radius 3 is 2.80 bits per heavy atom. The minimum Gasteiger partial charge on any atom is -0.380 e. The Morgan fingerprint density at radius 1 is 1.20 bits per heavy atom. The molecule has 108 valence electrons. The molecule has 1 aromatic rings. The molecule has 3 aliphatic rings. The van der Waals surface area contributed by atoms with Crippen LogP contribution in [0.2, 0.25) is 10.0 Å². The van der Waals surface area contributed by atoms with E-state index in [0.717, 1.165) is 12.6 Å². The first-order valence-corrected chi connectivity index (χ1v) is 8.18. The van der Waals surface area contributed by atoms with Gasteiger partial charge in [0.25, 0.3) is 0 Å². The van der Waals surface area contributed by atoms with Crippen molar-refractivity contribution in [1.82, 2.24) is 4.90 Å². The zero-order chi connectivity index (χ0) is 13.9. The summed E-state index contributed by atoms with van der Waals surface area (Å²) in [6.45, 7) is 1.11. The Bertz CT molecular complexity index is 535. The quantitative estimate of drug-likeness (QED) is 0.819. The lowest BCUT2D eigenvalue weighted by molar-refractivity contribution is 0.0652. The summed E-state index contributed by atoms with van der Waals surface area (Å²) in [4.78, 5) is 2.69. The summed E-state index contributed by atoms with van der Waals surface area (Å²) in [5.41, 5.74) is 1.34. The van der Waals surface area contributed by atoms with E-state index in [9.17, 15) is 0 Å². The van der Waals surface area contributed by atoms with Crippen LogP contribution in [0.15, 0.2) is 18.2 Å². The van der Waals surface area contributed by atoms with Gasteiger partial charge < -0.3 is 4.74 Å². The number of benzene rings is 1. The van der Waals surface area contributed by atoms with Gasteiger partial charge in [0.1, 0.15) is 0 Å². The second-order valence-corrected chi connectivity index (χ2v) is 7.18. The fourth-order valence-electron chi connectivity index (χ4n) is 4.80. The zero-order valence-electron chi connectivity index (χ0n) is 11.6. The highest BCUT2D eigenvalue weighted by Crippen LogP contribution is 2.53. The average molecular weight is 312 g/mol. The maximum atomic E-state index is 6.22. The van der Waals surface area contributed by atoms with Crippen LogP contribution in [0.1, 0.15) is 30.7 Å². The third-order valence-corrected chi connectivity index (χ3v) is 6.36. The van der Waals surface area contributed by atoms with E-state index in [0.29, 0.717) is 34.0 Å². The summed E-state index contributed by atoms with van der Waals surface area (Å²) < 4.78 is 5.78. The van der Waals surface area contributed by atoms with Crippen LogP contribution in [0.3, 0.4) is 0 Å². The Morgan fingerprint density at radius 2 is 2.05 bits per heavy atom. The molecule has 4 rings (SSSR count). The van der Waals surface area contributed by atoms with E-state index in [1.807, 2.05) is 13.2 Å². The molecule has 6 atom stereocenters. The summed E-state index contributed by atoms with van der Waals surface area (Å²) >= 11 is 12.3. The minimum absolute atomic E-state index is 0.366. The minimum atomic E-state index is 0.366. The average Bonchev–Trinajstić information content (AvgIpc) is 2.87. The van der Waals surface area contributed by atoms with Crippen molar-refractivity contribution in [3.8, 4) is 0 Å². The maximum absolute atomic E-state index is 6.22. The van der Waals surface area contributed by atoms with Gasteiger partial charge in [-0.15, -0.1) is 0 Å². The predicted octanol–water partition coefficient (Wildman–Crippen LogP) is 3.96. The maximum Gasteiger partial charge on any atom is 0.0747 e. The number of piperidine rings is 1. The molecule has 3 fully saturated rings. The third kappa shape index (κ3) is 1.85. The standard InChI is InChI=1S/C16H19Cl2NO/c1-20-15-8-19-10-3-5-14(19)16(15)11(7-10)9-2-4-12(17)13(18)6-9/h2,4,6,10-11,14-16H,3,5,7-8H2,1H3/t10?,11-,14?,15?,16+/m1/s1. The van der Waals surface area contributed by atoms with Crippen LogP contribution < -0.4 is 0 Å². The summed E-state index contributed by atoms with van der Waals surface area (Å²) in [7, 11) is 1.85. The molecule has 0 aliphatic carbocycles. The van der Waals surface area contributed by atoms with Gasteiger partial charge in [-0.25, -0.2) is 0 Å². The van der Waals surface area contributed by atoms with Crippen molar-refractivity contribution in [1.29, 1.82) is 0 Å². The number of halogens is 2. The molecule has 0 radical (unpaired) electrons. The first-order chi connectivity index (χ1) is 9.69. The van der Waals surface area contributed by atoms with Crippen molar-refractivity contribution in [2.75, 3.05) is 13.7 Å². The van der Waals surface area contributed by atoms with Gasteiger partial charge in [-0.05, 0) is 42.9 Å². The smallest absolute Gasteiger partial charge is 0.0747 e. The van der Waals surface area contributed by atoms with Gasteiger partial charge in [-0.3, -0.25) is 4.90 Å². The van der Waals surface area contributed by atoms with E-state index in [1.165, 1.54) is 24.8 Å². The highest BCUT2D eigenvalue weighted by molar-refractivity contribution is 6.42. The van der Waals surface area contributed by atoms with E-state index >= 15 is 0 Å². The molecule has 0 spiro atoms. The summed E-state index contributed by atoms with van der Waals surface area (Å²) in [6, 6.07) is 7.59. The fourth-order valence-corrected chi connectivity index (χ4v) is 5.11. The second kappa shape index (κ2) is 4.88. The van der Waals surface area contributed by atoms with Crippen LogP contribution in [-0.4, -0.2) is 36.7 Å². The largest absolute Gasteiger partial charge is 0.380 e. The normalized spacial score (nSPS) is 42.1. The van der Waals surface area contributed by atoms with Crippen molar-refractivity contribution < 1.29 is 4.74 Å². The van der Waals surface area contributed by atoms with Crippen LogP contribution in [-0.2, 0) is 4.74 Å². The number of nitrogens with zero attached hydrogens (tertiary/aromatic N) is 1. The Hall–Kier alpha value is -0.280. The Labute approximate surface area is 130 Å². The molecule has 0 amide bonds. The lowest BCUT2D eigenvalue weighted by atomic mass is 9.77. The monoisotopic (exact) mass is 311 g/mol. The van der Waals surface area contributed by atoms with Gasteiger partial charge in [0.05, 0.1) is 16.1 Å². The highest BCUT2D eigenvalue weighted by Gasteiger charge is 2.55.